The fourth-order valence-electron chi connectivity index (χ4n) is 2.31. The lowest BCUT2D eigenvalue weighted by Gasteiger charge is -2.28. The van der Waals surface area contributed by atoms with Gasteiger partial charge in [0.2, 0.25) is 0 Å². The summed E-state index contributed by atoms with van der Waals surface area (Å²) in [4.78, 5) is 0. The first-order chi connectivity index (χ1) is 5.87. The Morgan fingerprint density at radius 3 is 2.08 bits per heavy atom. The zero-order valence-corrected chi connectivity index (χ0v) is 10.8. The lowest BCUT2D eigenvalue weighted by molar-refractivity contribution is 0.374. The zero-order valence-electron chi connectivity index (χ0n) is 9.93. The van der Waals surface area contributed by atoms with Gasteiger partial charge in [-0.05, 0) is 24.7 Å². The van der Waals surface area contributed by atoms with Gasteiger partial charge in [-0.2, -0.15) is 12.6 Å². The highest BCUT2D eigenvalue weighted by atomic mass is 32.1. The molecule has 0 aromatic carbocycles. The van der Waals surface area contributed by atoms with Gasteiger partial charge in [0, 0.05) is 4.75 Å². The molecule has 13 heavy (non-hydrogen) atoms. The van der Waals surface area contributed by atoms with Crippen LogP contribution in [0.15, 0.2) is 0 Å². The molecule has 0 aliphatic rings. The van der Waals surface area contributed by atoms with Gasteiger partial charge in [0.05, 0.1) is 0 Å². The van der Waals surface area contributed by atoms with E-state index in [1.165, 1.54) is 25.7 Å². The first-order valence-electron chi connectivity index (χ1n) is 5.59. The average Bonchev–Trinajstić information content (AvgIpc) is 1.81. The van der Waals surface area contributed by atoms with Crippen LogP contribution in [-0.4, -0.2) is 4.75 Å². The number of rotatable bonds is 6. The SMILES string of the molecule is CCC[C@H](C)C[C@](C)(S)CC(C)C. The summed E-state index contributed by atoms with van der Waals surface area (Å²) in [5, 5.41) is 0. The van der Waals surface area contributed by atoms with E-state index in [1.807, 2.05) is 0 Å². The molecule has 0 aromatic rings. The highest BCUT2D eigenvalue weighted by molar-refractivity contribution is 7.81. The van der Waals surface area contributed by atoms with E-state index in [0.717, 1.165) is 11.8 Å². The molecule has 0 radical (unpaired) electrons. The Labute approximate surface area is 89.9 Å². The molecule has 0 spiro atoms. The Morgan fingerprint density at radius 2 is 1.69 bits per heavy atom. The van der Waals surface area contributed by atoms with E-state index in [4.69, 9.17) is 12.6 Å². The van der Waals surface area contributed by atoms with Crippen molar-refractivity contribution in [2.75, 3.05) is 0 Å². The molecule has 0 aliphatic carbocycles. The molecule has 0 aliphatic heterocycles. The molecule has 0 aromatic heterocycles. The van der Waals surface area contributed by atoms with Crippen LogP contribution in [0.3, 0.4) is 0 Å². The Balaban J connectivity index is 3.85. The summed E-state index contributed by atoms with van der Waals surface area (Å²) in [6.07, 6.45) is 5.12. The van der Waals surface area contributed by atoms with Crippen molar-refractivity contribution in [3.05, 3.63) is 0 Å². The highest BCUT2D eigenvalue weighted by Gasteiger charge is 2.22. The minimum Gasteiger partial charge on any atom is -0.173 e. The fraction of sp³-hybridized carbons (Fsp3) is 1.00. The van der Waals surface area contributed by atoms with Crippen LogP contribution in [0.1, 0.15) is 60.3 Å². The fourth-order valence-corrected chi connectivity index (χ4v) is 2.99. The second-order valence-electron chi connectivity index (χ2n) is 5.19. The third-order valence-electron chi connectivity index (χ3n) is 2.42. The van der Waals surface area contributed by atoms with Gasteiger partial charge in [-0.15, -0.1) is 0 Å². The van der Waals surface area contributed by atoms with Crippen molar-refractivity contribution >= 4 is 12.6 Å². The van der Waals surface area contributed by atoms with E-state index < -0.39 is 0 Å². The van der Waals surface area contributed by atoms with Crippen LogP contribution in [-0.2, 0) is 0 Å². The Bertz CT molecular complexity index is 127. The quantitative estimate of drug-likeness (QED) is 0.600. The molecule has 0 saturated carbocycles. The smallest absolute Gasteiger partial charge is 0.0106 e. The van der Waals surface area contributed by atoms with Crippen molar-refractivity contribution < 1.29 is 0 Å². The highest BCUT2D eigenvalue weighted by Crippen LogP contribution is 2.31. The second-order valence-corrected chi connectivity index (χ2v) is 6.27. The molecular formula is C12H26S. The van der Waals surface area contributed by atoms with Crippen LogP contribution < -0.4 is 0 Å². The first kappa shape index (κ1) is 13.4. The van der Waals surface area contributed by atoms with E-state index in [9.17, 15) is 0 Å². The third-order valence-corrected chi connectivity index (χ3v) is 2.78. The summed E-state index contributed by atoms with van der Waals surface area (Å²) >= 11 is 4.76. The number of hydrogen-bond donors (Lipinski definition) is 1. The molecule has 0 amide bonds. The molecule has 0 heterocycles. The lowest BCUT2D eigenvalue weighted by atomic mass is 9.87. The van der Waals surface area contributed by atoms with Gasteiger partial charge in [-0.1, -0.05) is 47.5 Å². The molecule has 0 saturated heterocycles. The minimum atomic E-state index is 0.239. The Hall–Kier alpha value is 0.350. The van der Waals surface area contributed by atoms with Gasteiger partial charge in [0.15, 0.2) is 0 Å². The predicted octanol–water partition coefficient (Wildman–Crippen LogP) is 4.55. The molecule has 2 atom stereocenters. The van der Waals surface area contributed by atoms with Crippen molar-refractivity contribution in [3.63, 3.8) is 0 Å². The molecule has 0 rings (SSSR count). The number of thiol groups is 1. The Morgan fingerprint density at radius 1 is 1.15 bits per heavy atom. The van der Waals surface area contributed by atoms with Crippen LogP contribution >= 0.6 is 12.6 Å². The van der Waals surface area contributed by atoms with Crippen molar-refractivity contribution in [1.29, 1.82) is 0 Å². The molecule has 80 valence electrons. The van der Waals surface area contributed by atoms with Crippen LogP contribution in [0.25, 0.3) is 0 Å². The van der Waals surface area contributed by atoms with Crippen molar-refractivity contribution in [2.45, 2.75) is 65.0 Å². The molecule has 1 heteroatoms. The molecule has 0 unspecified atom stereocenters. The topological polar surface area (TPSA) is 0 Å². The van der Waals surface area contributed by atoms with Gasteiger partial charge >= 0.3 is 0 Å². The lowest BCUT2D eigenvalue weighted by Crippen LogP contribution is -2.22. The van der Waals surface area contributed by atoms with Crippen LogP contribution in [0.5, 0.6) is 0 Å². The minimum absolute atomic E-state index is 0.239. The largest absolute Gasteiger partial charge is 0.173 e. The summed E-state index contributed by atoms with van der Waals surface area (Å²) in [6.45, 7) is 11.4. The van der Waals surface area contributed by atoms with E-state index >= 15 is 0 Å². The average molecular weight is 202 g/mol. The first-order valence-corrected chi connectivity index (χ1v) is 6.04. The van der Waals surface area contributed by atoms with E-state index in [0.29, 0.717) is 0 Å². The summed E-state index contributed by atoms with van der Waals surface area (Å²) in [5.41, 5.74) is 0. The van der Waals surface area contributed by atoms with Gasteiger partial charge in [0.25, 0.3) is 0 Å². The number of hydrogen-bond acceptors (Lipinski definition) is 1. The standard InChI is InChI=1S/C12H26S/c1-6-7-11(4)9-12(5,13)8-10(2)3/h10-11,13H,6-9H2,1-5H3/t11-,12+/m0/s1. The van der Waals surface area contributed by atoms with Crippen LogP contribution in [0, 0.1) is 11.8 Å². The van der Waals surface area contributed by atoms with Gasteiger partial charge < -0.3 is 0 Å². The molecular weight excluding hydrogens is 176 g/mol. The van der Waals surface area contributed by atoms with Crippen molar-refractivity contribution in [2.24, 2.45) is 11.8 Å². The monoisotopic (exact) mass is 202 g/mol. The predicted molar refractivity (Wildman–Crippen MR) is 65.5 cm³/mol. The molecule has 0 fully saturated rings. The third kappa shape index (κ3) is 7.42. The maximum atomic E-state index is 4.76. The molecule has 0 N–H and O–H groups in total. The summed E-state index contributed by atoms with van der Waals surface area (Å²) < 4.78 is 0.239. The van der Waals surface area contributed by atoms with Crippen molar-refractivity contribution in [1.82, 2.24) is 0 Å². The molecule has 0 nitrogen and oxygen atoms in total. The maximum absolute atomic E-state index is 4.76. The summed E-state index contributed by atoms with van der Waals surface area (Å²) in [7, 11) is 0. The second kappa shape index (κ2) is 5.95. The zero-order chi connectivity index (χ0) is 10.5. The Kier molecular flexibility index (Phi) is 6.11. The molecule has 0 bridgehead atoms. The van der Waals surface area contributed by atoms with Gasteiger partial charge in [-0.3, -0.25) is 0 Å². The normalized spacial score (nSPS) is 18.7. The van der Waals surface area contributed by atoms with Crippen LogP contribution in [0.4, 0.5) is 0 Å². The van der Waals surface area contributed by atoms with Crippen molar-refractivity contribution in [3.8, 4) is 0 Å². The van der Waals surface area contributed by atoms with E-state index in [-0.39, 0.29) is 4.75 Å². The maximum Gasteiger partial charge on any atom is 0.0106 e. The summed E-state index contributed by atoms with van der Waals surface area (Å²) in [5.74, 6) is 1.59. The van der Waals surface area contributed by atoms with Crippen LogP contribution in [0.2, 0.25) is 0 Å². The van der Waals surface area contributed by atoms with E-state index in [1.54, 1.807) is 0 Å². The van der Waals surface area contributed by atoms with Gasteiger partial charge in [-0.25, -0.2) is 0 Å². The van der Waals surface area contributed by atoms with Gasteiger partial charge in [0.1, 0.15) is 0 Å². The summed E-state index contributed by atoms with van der Waals surface area (Å²) in [6, 6.07) is 0. The van der Waals surface area contributed by atoms with E-state index in [2.05, 4.69) is 34.6 Å².